The normalized spacial score (nSPS) is 12.1. The van der Waals surface area contributed by atoms with Crippen molar-refractivity contribution < 1.29 is 0 Å². The molecular formula is C60H38N4. The van der Waals surface area contributed by atoms with Crippen LogP contribution in [0.15, 0.2) is 231 Å². The molecule has 0 aliphatic heterocycles. The third-order valence-corrected chi connectivity index (χ3v) is 13.5. The summed E-state index contributed by atoms with van der Waals surface area (Å²) in [7, 11) is 0. The number of aromatic nitrogens is 4. The van der Waals surface area contributed by atoms with Crippen molar-refractivity contribution in [2.75, 3.05) is 0 Å². The second-order valence-electron chi connectivity index (χ2n) is 16.9. The van der Waals surface area contributed by atoms with Gasteiger partial charge in [-0.15, -0.1) is 0 Å². The zero-order chi connectivity index (χ0) is 41.9. The molecule has 0 aliphatic rings. The van der Waals surface area contributed by atoms with Gasteiger partial charge in [0.1, 0.15) is 0 Å². The molecule has 4 nitrogen and oxygen atoms in total. The zero-order valence-corrected chi connectivity index (χ0v) is 34.7. The monoisotopic (exact) mass is 814 g/mol. The highest BCUT2D eigenvalue weighted by Gasteiger charge is 2.20. The Kier molecular flexibility index (Phi) is 7.36. The Morgan fingerprint density at radius 2 is 0.438 bits per heavy atom. The van der Waals surface area contributed by atoms with E-state index in [1.165, 1.54) is 98.4 Å². The first kappa shape index (κ1) is 35.0. The van der Waals surface area contributed by atoms with Gasteiger partial charge in [0, 0.05) is 65.8 Å². The van der Waals surface area contributed by atoms with E-state index in [0.717, 1.165) is 22.7 Å². The Balaban J connectivity index is 1.00. The molecular weight excluding hydrogens is 777 g/mol. The average molecular weight is 815 g/mol. The van der Waals surface area contributed by atoms with E-state index < -0.39 is 0 Å². The molecule has 0 amide bonds. The fraction of sp³-hybridized carbons (Fsp3) is 0. The summed E-state index contributed by atoms with van der Waals surface area (Å²) >= 11 is 0. The fourth-order valence-electron chi connectivity index (χ4n) is 10.8. The van der Waals surface area contributed by atoms with E-state index in [-0.39, 0.29) is 0 Å². The number of para-hydroxylation sites is 6. The van der Waals surface area contributed by atoms with Crippen LogP contribution in [0.2, 0.25) is 0 Å². The summed E-state index contributed by atoms with van der Waals surface area (Å²) in [5, 5.41) is 9.93. The second kappa shape index (κ2) is 13.4. The number of hydrogen-bond acceptors (Lipinski definition) is 0. The summed E-state index contributed by atoms with van der Waals surface area (Å²) in [4.78, 5) is 0. The predicted molar refractivity (Wildman–Crippen MR) is 269 cm³/mol. The number of nitrogens with zero attached hydrogens (tertiary/aromatic N) is 4. The first-order valence-corrected chi connectivity index (χ1v) is 22.0. The third kappa shape index (κ3) is 4.99. The zero-order valence-electron chi connectivity index (χ0n) is 34.7. The lowest BCUT2D eigenvalue weighted by molar-refractivity contribution is 1.16. The number of fused-ring (bicyclic) bond motifs is 12. The lowest BCUT2D eigenvalue weighted by Crippen LogP contribution is -1.95. The lowest BCUT2D eigenvalue weighted by atomic mass is 10.0. The van der Waals surface area contributed by atoms with E-state index in [0.29, 0.717) is 0 Å². The van der Waals surface area contributed by atoms with Crippen LogP contribution in [0.5, 0.6) is 0 Å². The summed E-state index contributed by atoms with van der Waals surface area (Å²) < 4.78 is 9.67. The van der Waals surface area contributed by atoms with Crippen molar-refractivity contribution >= 4 is 87.2 Å². The number of rotatable bonds is 5. The van der Waals surface area contributed by atoms with Crippen molar-refractivity contribution in [1.29, 1.82) is 0 Å². The third-order valence-electron chi connectivity index (χ3n) is 13.5. The van der Waals surface area contributed by atoms with Crippen LogP contribution in [0.25, 0.3) is 121 Å². The number of benzene rings is 10. The SMILES string of the molecule is c1ccc(-n2c3ccc(-c4ccc5c(c4)c4cc(-n6c7ccccc7c7ccccc76)ccc4n5-c4ccccc4)cc3c3cc(-n4c5ccccc5c5ccccc54)ccc32)cc1. The molecule has 0 N–H and O–H groups in total. The molecule has 4 heterocycles. The largest absolute Gasteiger partial charge is 0.309 e. The van der Waals surface area contributed by atoms with Crippen LogP contribution in [0.3, 0.4) is 0 Å². The van der Waals surface area contributed by atoms with Gasteiger partial charge >= 0.3 is 0 Å². The van der Waals surface area contributed by atoms with Gasteiger partial charge in [0.2, 0.25) is 0 Å². The summed E-state index contributed by atoms with van der Waals surface area (Å²) in [6.07, 6.45) is 0. The van der Waals surface area contributed by atoms with Crippen LogP contribution in [-0.2, 0) is 0 Å². The molecule has 4 aromatic heterocycles. The molecule has 14 rings (SSSR count). The highest BCUT2D eigenvalue weighted by atomic mass is 15.0. The minimum atomic E-state index is 1.15. The molecule has 64 heavy (non-hydrogen) atoms. The number of hydrogen-bond donors (Lipinski definition) is 0. The minimum Gasteiger partial charge on any atom is -0.309 e. The van der Waals surface area contributed by atoms with E-state index in [1.807, 2.05) is 0 Å². The van der Waals surface area contributed by atoms with E-state index >= 15 is 0 Å². The Morgan fingerprint density at radius 3 is 0.797 bits per heavy atom. The molecule has 10 aromatic carbocycles. The van der Waals surface area contributed by atoms with Crippen LogP contribution in [0, 0.1) is 0 Å². The van der Waals surface area contributed by atoms with Gasteiger partial charge in [-0.1, -0.05) is 121 Å². The first-order valence-electron chi connectivity index (χ1n) is 22.0. The predicted octanol–water partition coefficient (Wildman–Crippen LogP) is 15.7. The van der Waals surface area contributed by atoms with Crippen LogP contribution >= 0.6 is 0 Å². The van der Waals surface area contributed by atoms with Crippen LogP contribution in [0.1, 0.15) is 0 Å². The topological polar surface area (TPSA) is 19.7 Å². The van der Waals surface area contributed by atoms with Gasteiger partial charge in [0.15, 0.2) is 0 Å². The van der Waals surface area contributed by atoms with E-state index in [2.05, 4.69) is 249 Å². The molecule has 0 atom stereocenters. The minimum absolute atomic E-state index is 1.15. The molecule has 298 valence electrons. The fourth-order valence-corrected chi connectivity index (χ4v) is 10.8. The Hall–Kier alpha value is -8.60. The summed E-state index contributed by atoms with van der Waals surface area (Å²) in [6, 6.07) is 84.5. The van der Waals surface area contributed by atoms with Gasteiger partial charge in [0.25, 0.3) is 0 Å². The standard InChI is InChI=1S/C60H38N4/c1-3-15-41(16-4-1)61-57-31-27-39(35-49(57)51-37-43(29-33-59(51)61)63-53-23-11-7-19-45(53)46-20-8-12-24-54(46)63)40-28-32-58-50(36-40)52-38-44(30-34-60(52)62(58)42-17-5-2-6-18-42)64-55-25-13-9-21-47(55)48-22-10-14-26-56(48)64/h1-38H. The van der Waals surface area contributed by atoms with Crippen molar-refractivity contribution in [3.8, 4) is 33.9 Å². The van der Waals surface area contributed by atoms with Crippen molar-refractivity contribution in [2.24, 2.45) is 0 Å². The molecule has 0 saturated heterocycles. The molecule has 0 radical (unpaired) electrons. The van der Waals surface area contributed by atoms with Crippen molar-refractivity contribution in [2.45, 2.75) is 0 Å². The van der Waals surface area contributed by atoms with Gasteiger partial charge in [-0.05, 0) is 120 Å². The van der Waals surface area contributed by atoms with Gasteiger partial charge in [-0.3, -0.25) is 0 Å². The van der Waals surface area contributed by atoms with Crippen molar-refractivity contribution in [3.05, 3.63) is 231 Å². The van der Waals surface area contributed by atoms with Crippen molar-refractivity contribution in [1.82, 2.24) is 18.3 Å². The maximum absolute atomic E-state index is 2.42. The summed E-state index contributed by atoms with van der Waals surface area (Å²) in [5.74, 6) is 0. The summed E-state index contributed by atoms with van der Waals surface area (Å²) in [6.45, 7) is 0. The Labute approximate surface area is 368 Å². The van der Waals surface area contributed by atoms with E-state index in [9.17, 15) is 0 Å². The molecule has 0 bridgehead atoms. The molecule has 14 aromatic rings. The van der Waals surface area contributed by atoms with Crippen molar-refractivity contribution in [3.63, 3.8) is 0 Å². The van der Waals surface area contributed by atoms with Gasteiger partial charge in [-0.2, -0.15) is 0 Å². The molecule has 0 fully saturated rings. The average Bonchev–Trinajstić information content (AvgIpc) is 4.09. The Morgan fingerprint density at radius 1 is 0.172 bits per heavy atom. The smallest absolute Gasteiger partial charge is 0.0542 e. The highest BCUT2D eigenvalue weighted by Crippen LogP contribution is 2.41. The van der Waals surface area contributed by atoms with E-state index in [4.69, 9.17) is 0 Å². The lowest BCUT2D eigenvalue weighted by Gasteiger charge is -2.10. The Bertz CT molecular complexity index is 3800. The van der Waals surface area contributed by atoms with Gasteiger partial charge in [0.05, 0.1) is 44.1 Å². The van der Waals surface area contributed by atoms with Gasteiger partial charge < -0.3 is 18.3 Å². The summed E-state index contributed by atoms with van der Waals surface area (Å²) in [5.41, 5.74) is 16.5. The quantitative estimate of drug-likeness (QED) is 0.165. The molecule has 0 aliphatic carbocycles. The van der Waals surface area contributed by atoms with E-state index in [1.54, 1.807) is 0 Å². The highest BCUT2D eigenvalue weighted by molar-refractivity contribution is 6.15. The van der Waals surface area contributed by atoms with Crippen LogP contribution in [0.4, 0.5) is 0 Å². The maximum atomic E-state index is 2.42. The van der Waals surface area contributed by atoms with Gasteiger partial charge in [-0.25, -0.2) is 0 Å². The molecule has 0 unspecified atom stereocenters. The maximum Gasteiger partial charge on any atom is 0.0542 e. The van der Waals surface area contributed by atoms with Crippen LogP contribution < -0.4 is 0 Å². The molecule has 4 heteroatoms. The first-order chi connectivity index (χ1) is 31.8. The second-order valence-corrected chi connectivity index (χ2v) is 16.9. The molecule has 0 saturated carbocycles. The molecule has 0 spiro atoms. The van der Waals surface area contributed by atoms with Crippen LogP contribution in [-0.4, -0.2) is 18.3 Å².